The molecule has 12 heavy (non-hydrogen) atoms. The van der Waals surface area contributed by atoms with Crippen molar-refractivity contribution in [2.45, 2.75) is 30.7 Å². The zero-order valence-corrected chi connectivity index (χ0v) is 6.99. The zero-order valence-electron chi connectivity index (χ0n) is 6.99. The van der Waals surface area contributed by atoms with Crippen molar-refractivity contribution in [3.05, 3.63) is 0 Å². The van der Waals surface area contributed by atoms with Gasteiger partial charge in [-0.2, -0.15) is 0 Å². The van der Waals surface area contributed by atoms with Crippen LogP contribution in [-0.4, -0.2) is 47.7 Å². The average molecular weight is 173 g/mol. The molecule has 0 aliphatic carbocycles. The van der Waals surface area contributed by atoms with Gasteiger partial charge in [0.15, 0.2) is 0 Å². The molecule has 2 atom stereocenters. The highest BCUT2D eigenvalue weighted by Crippen LogP contribution is 2.34. The van der Waals surface area contributed by atoms with Crippen molar-refractivity contribution in [1.29, 1.82) is 0 Å². The number of hydrogen-bond donors (Lipinski definition) is 3. The SMILES string of the molecule is O[C@H]1COC2(CCNCC2)[C@H]1O. The first-order valence-electron chi connectivity index (χ1n) is 4.45. The lowest BCUT2D eigenvalue weighted by molar-refractivity contribution is -0.0817. The van der Waals surface area contributed by atoms with Crippen molar-refractivity contribution in [3.8, 4) is 0 Å². The van der Waals surface area contributed by atoms with Gasteiger partial charge in [0, 0.05) is 0 Å². The van der Waals surface area contributed by atoms with Gasteiger partial charge in [-0.05, 0) is 25.9 Å². The molecule has 4 nitrogen and oxygen atoms in total. The summed E-state index contributed by atoms with van der Waals surface area (Å²) < 4.78 is 5.47. The first-order valence-corrected chi connectivity index (χ1v) is 4.45. The Labute approximate surface area is 71.5 Å². The highest BCUT2D eigenvalue weighted by Gasteiger charge is 2.48. The van der Waals surface area contributed by atoms with Crippen molar-refractivity contribution in [2.75, 3.05) is 19.7 Å². The smallest absolute Gasteiger partial charge is 0.111 e. The summed E-state index contributed by atoms with van der Waals surface area (Å²) in [6.07, 6.45) is 0.207. The van der Waals surface area contributed by atoms with E-state index in [1.807, 2.05) is 0 Å². The van der Waals surface area contributed by atoms with E-state index >= 15 is 0 Å². The molecule has 1 spiro atoms. The number of aliphatic hydroxyl groups excluding tert-OH is 2. The molecular formula is C8H15NO3. The largest absolute Gasteiger partial charge is 0.388 e. The summed E-state index contributed by atoms with van der Waals surface area (Å²) in [5.74, 6) is 0. The van der Waals surface area contributed by atoms with Crippen LogP contribution in [0.1, 0.15) is 12.8 Å². The normalized spacial score (nSPS) is 40.5. The molecule has 2 saturated heterocycles. The van der Waals surface area contributed by atoms with Gasteiger partial charge >= 0.3 is 0 Å². The number of piperidine rings is 1. The second kappa shape index (κ2) is 2.96. The molecule has 0 bridgehead atoms. The Kier molecular flexibility index (Phi) is 2.08. The summed E-state index contributed by atoms with van der Waals surface area (Å²) in [4.78, 5) is 0. The van der Waals surface area contributed by atoms with Gasteiger partial charge in [0.05, 0.1) is 12.2 Å². The minimum absolute atomic E-state index is 0.279. The van der Waals surface area contributed by atoms with Crippen molar-refractivity contribution >= 4 is 0 Å². The van der Waals surface area contributed by atoms with E-state index in [0.29, 0.717) is 0 Å². The summed E-state index contributed by atoms with van der Waals surface area (Å²) in [5, 5.41) is 22.2. The number of nitrogens with one attached hydrogen (secondary N) is 1. The third-order valence-corrected chi connectivity index (χ3v) is 2.89. The molecular weight excluding hydrogens is 158 g/mol. The lowest BCUT2D eigenvalue weighted by Gasteiger charge is -2.35. The first kappa shape index (κ1) is 8.44. The van der Waals surface area contributed by atoms with E-state index in [4.69, 9.17) is 4.74 Å². The Morgan fingerprint density at radius 3 is 2.42 bits per heavy atom. The van der Waals surface area contributed by atoms with Gasteiger partial charge < -0.3 is 20.3 Å². The van der Waals surface area contributed by atoms with Gasteiger partial charge in [-0.15, -0.1) is 0 Å². The second-order valence-electron chi connectivity index (χ2n) is 3.64. The van der Waals surface area contributed by atoms with E-state index in [9.17, 15) is 10.2 Å². The van der Waals surface area contributed by atoms with E-state index in [1.54, 1.807) is 0 Å². The Morgan fingerprint density at radius 1 is 1.25 bits per heavy atom. The van der Waals surface area contributed by atoms with E-state index in [-0.39, 0.29) is 6.61 Å². The van der Waals surface area contributed by atoms with Crippen LogP contribution in [0.25, 0.3) is 0 Å². The first-order chi connectivity index (χ1) is 5.75. The number of rotatable bonds is 0. The molecule has 0 unspecified atom stereocenters. The van der Waals surface area contributed by atoms with Crippen molar-refractivity contribution in [1.82, 2.24) is 5.32 Å². The van der Waals surface area contributed by atoms with Crippen LogP contribution in [-0.2, 0) is 4.74 Å². The van der Waals surface area contributed by atoms with Crippen LogP contribution < -0.4 is 5.32 Å². The maximum absolute atomic E-state index is 9.67. The molecule has 4 heteroatoms. The van der Waals surface area contributed by atoms with Crippen LogP contribution in [0.5, 0.6) is 0 Å². The molecule has 0 aromatic heterocycles. The van der Waals surface area contributed by atoms with Crippen LogP contribution in [0.2, 0.25) is 0 Å². The molecule has 2 rings (SSSR count). The molecule has 2 heterocycles. The van der Waals surface area contributed by atoms with Crippen LogP contribution >= 0.6 is 0 Å². The minimum Gasteiger partial charge on any atom is -0.388 e. The summed E-state index contributed by atoms with van der Waals surface area (Å²) in [5.41, 5.74) is -0.454. The van der Waals surface area contributed by atoms with Gasteiger partial charge in [0.1, 0.15) is 12.2 Å². The molecule has 0 saturated carbocycles. The van der Waals surface area contributed by atoms with Gasteiger partial charge in [0.25, 0.3) is 0 Å². The third kappa shape index (κ3) is 1.15. The average Bonchev–Trinajstić information content (AvgIpc) is 2.37. The quantitative estimate of drug-likeness (QED) is 0.433. The van der Waals surface area contributed by atoms with Crippen LogP contribution in [0, 0.1) is 0 Å². The molecule has 0 amide bonds. The zero-order chi connectivity index (χ0) is 8.60. The maximum Gasteiger partial charge on any atom is 0.111 e. The Bertz CT molecular complexity index is 162. The van der Waals surface area contributed by atoms with Gasteiger partial charge in [-0.25, -0.2) is 0 Å². The Balaban J connectivity index is 2.09. The fraction of sp³-hybridized carbons (Fsp3) is 1.00. The summed E-state index contributed by atoms with van der Waals surface area (Å²) >= 11 is 0. The summed E-state index contributed by atoms with van der Waals surface area (Å²) in [7, 11) is 0. The van der Waals surface area contributed by atoms with Gasteiger partial charge in [0.2, 0.25) is 0 Å². The van der Waals surface area contributed by atoms with Crippen molar-refractivity contribution in [3.63, 3.8) is 0 Å². The van der Waals surface area contributed by atoms with Crippen LogP contribution in [0.4, 0.5) is 0 Å². The van der Waals surface area contributed by atoms with Crippen molar-refractivity contribution in [2.24, 2.45) is 0 Å². The minimum atomic E-state index is -0.695. The Morgan fingerprint density at radius 2 is 1.92 bits per heavy atom. The van der Waals surface area contributed by atoms with E-state index < -0.39 is 17.8 Å². The molecule has 70 valence electrons. The number of aliphatic hydroxyl groups is 2. The van der Waals surface area contributed by atoms with Gasteiger partial charge in [-0.3, -0.25) is 0 Å². The fourth-order valence-electron chi connectivity index (χ4n) is 2.07. The molecule has 0 aromatic rings. The van der Waals surface area contributed by atoms with E-state index in [0.717, 1.165) is 25.9 Å². The lowest BCUT2D eigenvalue weighted by atomic mass is 9.86. The van der Waals surface area contributed by atoms with Gasteiger partial charge in [-0.1, -0.05) is 0 Å². The van der Waals surface area contributed by atoms with E-state index in [1.165, 1.54) is 0 Å². The highest BCUT2D eigenvalue weighted by molar-refractivity contribution is 5.00. The number of hydrogen-bond acceptors (Lipinski definition) is 4. The summed E-state index contributed by atoms with van der Waals surface area (Å²) in [6.45, 7) is 2.01. The monoisotopic (exact) mass is 173 g/mol. The number of ether oxygens (including phenoxy) is 1. The predicted octanol–water partition coefficient (Wildman–Crippen LogP) is -1.14. The standard InChI is InChI=1S/C8H15NO3/c10-6-5-12-8(7(6)11)1-3-9-4-2-8/h6-7,9-11H,1-5H2/t6-,7-/m0/s1. The molecule has 2 aliphatic rings. The van der Waals surface area contributed by atoms with Crippen LogP contribution in [0.3, 0.4) is 0 Å². The topological polar surface area (TPSA) is 61.7 Å². The maximum atomic E-state index is 9.67. The van der Waals surface area contributed by atoms with Crippen LogP contribution in [0.15, 0.2) is 0 Å². The fourth-order valence-corrected chi connectivity index (χ4v) is 2.07. The molecule has 0 aromatic carbocycles. The molecule has 0 radical (unpaired) electrons. The predicted molar refractivity (Wildman–Crippen MR) is 42.8 cm³/mol. The molecule has 3 N–H and O–H groups in total. The lowest BCUT2D eigenvalue weighted by Crippen LogP contribution is -2.50. The summed E-state index contributed by atoms with van der Waals surface area (Å²) in [6, 6.07) is 0. The molecule has 2 fully saturated rings. The molecule has 2 aliphatic heterocycles. The third-order valence-electron chi connectivity index (χ3n) is 2.89. The Hall–Kier alpha value is -0.160. The highest BCUT2D eigenvalue weighted by atomic mass is 16.5. The van der Waals surface area contributed by atoms with Crippen molar-refractivity contribution < 1.29 is 14.9 Å². The van der Waals surface area contributed by atoms with E-state index in [2.05, 4.69) is 5.32 Å². The second-order valence-corrected chi connectivity index (χ2v) is 3.64.